The summed E-state index contributed by atoms with van der Waals surface area (Å²) in [7, 11) is 3.18. The van der Waals surface area contributed by atoms with Crippen LogP contribution in [-0.2, 0) is 0 Å². The molecule has 0 aliphatic rings. The second-order valence-electron chi connectivity index (χ2n) is 4.37. The lowest BCUT2D eigenvalue weighted by Crippen LogP contribution is -2.11. The first kappa shape index (κ1) is 14.3. The number of nitrogens with two attached hydrogens (primary N) is 1. The van der Waals surface area contributed by atoms with Crippen molar-refractivity contribution in [3.05, 3.63) is 24.1 Å². The fraction of sp³-hybridized carbons (Fsp3) is 0.429. The van der Waals surface area contributed by atoms with Crippen LogP contribution in [-0.4, -0.2) is 30.9 Å². The van der Waals surface area contributed by atoms with Crippen LogP contribution in [0.4, 0.5) is 0 Å². The van der Waals surface area contributed by atoms with Crippen LogP contribution in [0, 0.1) is 0 Å². The number of nitrogens with zero attached hydrogens (tertiary/aromatic N) is 2. The van der Waals surface area contributed by atoms with E-state index < -0.39 is 0 Å². The number of methoxy groups -OCH3 is 2. The first-order valence-electron chi connectivity index (χ1n) is 6.49. The molecule has 20 heavy (non-hydrogen) atoms. The Morgan fingerprint density at radius 1 is 1.25 bits per heavy atom. The van der Waals surface area contributed by atoms with E-state index in [1.54, 1.807) is 14.2 Å². The SMILES string of the molecule is CCC(CN)c1nc(-c2ccc(OC)c(OC)c2)no1. The summed E-state index contributed by atoms with van der Waals surface area (Å²) in [5.41, 5.74) is 6.49. The van der Waals surface area contributed by atoms with Crippen LogP contribution in [0.2, 0.25) is 0 Å². The van der Waals surface area contributed by atoms with Gasteiger partial charge in [-0.05, 0) is 24.6 Å². The quantitative estimate of drug-likeness (QED) is 0.871. The lowest BCUT2D eigenvalue weighted by atomic mass is 10.1. The van der Waals surface area contributed by atoms with Crippen molar-refractivity contribution >= 4 is 0 Å². The average Bonchev–Trinajstić information content (AvgIpc) is 2.97. The third kappa shape index (κ3) is 2.75. The van der Waals surface area contributed by atoms with Gasteiger partial charge < -0.3 is 19.7 Å². The molecular formula is C14H19N3O3. The fourth-order valence-corrected chi connectivity index (χ4v) is 1.94. The largest absolute Gasteiger partial charge is 0.493 e. The number of aromatic nitrogens is 2. The highest BCUT2D eigenvalue weighted by molar-refractivity contribution is 5.60. The van der Waals surface area contributed by atoms with Crippen LogP contribution < -0.4 is 15.2 Å². The molecule has 1 unspecified atom stereocenters. The van der Waals surface area contributed by atoms with Crippen LogP contribution in [0.1, 0.15) is 25.2 Å². The molecule has 1 aromatic heterocycles. The minimum absolute atomic E-state index is 0.0939. The van der Waals surface area contributed by atoms with Gasteiger partial charge in [-0.25, -0.2) is 0 Å². The Bertz CT molecular complexity index is 565. The number of rotatable bonds is 6. The molecule has 0 fully saturated rings. The Kier molecular flexibility index (Phi) is 4.57. The van der Waals surface area contributed by atoms with E-state index in [4.69, 9.17) is 19.7 Å². The van der Waals surface area contributed by atoms with E-state index in [1.165, 1.54) is 0 Å². The van der Waals surface area contributed by atoms with Crippen LogP contribution in [0.3, 0.4) is 0 Å². The molecule has 0 spiro atoms. The number of hydrogen-bond acceptors (Lipinski definition) is 6. The van der Waals surface area contributed by atoms with Gasteiger partial charge in [0.2, 0.25) is 11.7 Å². The third-order valence-electron chi connectivity index (χ3n) is 3.21. The van der Waals surface area contributed by atoms with E-state index >= 15 is 0 Å². The van der Waals surface area contributed by atoms with Crippen LogP contribution in [0.15, 0.2) is 22.7 Å². The van der Waals surface area contributed by atoms with Crippen molar-refractivity contribution in [1.29, 1.82) is 0 Å². The maximum absolute atomic E-state index is 5.68. The summed E-state index contributed by atoms with van der Waals surface area (Å²) in [6, 6.07) is 5.49. The summed E-state index contributed by atoms with van der Waals surface area (Å²) in [6.45, 7) is 2.53. The molecule has 0 radical (unpaired) electrons. The van der Waals surface area contributed by atoms with E-state index in [-0.39, 0.29) is 5.92 Å². The Labute approximate surface area is 117 Å². The molecule has 2 rings (SSSR count). The first-order valence-corrected chi connectivity index (χ1v) is 6.49. The second-order valence-corrected chi connectivity index (χ2v) is 4.37. The number of ether oxygens (including phenoxy) is 2. The molecule has 6 heteroatoms. The van der Waals surface area contributed by atoms with Crippen molar-refractivity contribution in [1.82, 2.24) is 10.1 Å². The first-order chi connectivity index (χ1) is 9.73. The van der Waals surface area contributed by atoms with E-state index in [0.29, 0.717) is 29.8 Å². The van der Waals surface area contributed by atoms with Crippen molar-refractivity contribution < 1.29 is 14.0 Å². The molecule has 1 atom stereocenters. The summed E-state index contributed by atoms with van der Waals surface area (Å²) in [5, 5.41) is 4.00. The van der Waals surface area contributed by atoms with E-state index in [0.717, 1.165) is 12.0 Å². The average molecular weight is 277 g/mol. The van der Waals surface area contributed by atoms with Gasteiger partial charge in [-0.1, -0.05) is 12.1 Å². The predicted molar refractivity (Wildman–Crippen MR) is 74.9 cm³/mol. The zero-order valence-corrected chi connectivity index (χ0v) is 11.9. The summed E-state index contributed by atoms with van der Waals surface area (Å²) in [6.07, 6.45) is 0.865. The van der Waals surface area contributed by atoms with Crippen molar-refractivity contribution in [2.75, 3.05) is 20.8 Å². The highest BCUT2D eigenvalue weighted by Crippen LogP contribution is 2.31. The van der Waals surface area contributed by atoms with Gasteiger partial charge >= 0.3 is 0 Å². The highest BCUT2D eigenvalue weighted by atomic mass is 16.5. The van der Waals surface area contributed by atoms with Crippen molar-refractivity contribution in [3.8, 4) is 22.9 Å². The van der Waals surface area contributed by atoms with Gasteiger partial charge in [0.1, 0.15) is 0 Å². The molecule has 0 amide bonds. The zero-order valence-electron chi connectivity index (χ0n) is 11.9. The summed E-state index contributed by atoms with van der Waals surface area (Å²) >= 11 is 0. The molecule has 2 aromatic rings. The molecule has 0 saturated carbocycles. The van der Waals surface area contributed by atoms with E-state index in [2.05, 4.69) is 10.1 Å². The molecule has 1 heterocycles. The number of hydrogen-bond donors (Lipinski definition) is 1. The van der Waals surface area contributed by atoms with Crippen molar-refractivity contribution in [3.63, 3.8) is 0 Å². The van der Waals surface area contributed by atoms with Gasteiger partial charge in [-0.2, -0.15) is 4.98 Å². The lowest BCUT2D eigenvalue weighted by molar-refractivity contribution is 0.351. The minimum atomic E-state index is 0.0939. The normalized spacial score (nSPS) is 12.2. The van der Waals surface area contributed by atoms with Crippen LogP contribution in [0.25, 0.3) is 11.4 Å². The molecule has 1 aromatic carbocycles. The Hall–Kier alpha value is -2.08. The molecule has 0 bridgehead atoms. The smallest absolute Gasteiger partial charge is 0.231 e. The zero-order chi connectivity index (χ0) is 14.5. The minimum Gasteiger partial charge on any atom is -0.493 e. The second kappa shape index (κ2) is 6.38. The number of benzene rings is 1. The van der Waals surface area contributed by atoms with Gasteiger partial charge in [0.05, 0.1) is 20.1 Å². The molecule has 6 nitrogen and oxygen atoms in total. The Balaban J connectivity index is 2.32. The topological polar surface area (TPSA) is 83.4 Å². The standard InChI is InChI=1S/C14H19N3O3/c1-4-9(8-15)14-16-13(17-20-14)10-5-6-11(18-2)12(7-10)19-3/h5-7,9H,4,8,15H2,1-3H3. The molecule has 0 saturated heterocycles. The summed E-state index contributed by atoms with van der Waals surface area (Å²) < 4.78 is 15.7. The maximum Gasteiger partial charge on any atom is 0.231 e. The highest BCUT2D eigenvalue weighted by Gasteiger charge is 2.17. The predicted octanol–water partition coefficient (Wildman–Crippen LogP) is 2.21. The van der Waals surface area contributed by atoms with Crippen LogP contribution in [0.5, 0.6) is 11.5 Å². The maximum atomic E-state index is 5.68. The molecule has 2 N–H and O–H groups in total. The van der Waals surface area contributed by atoms with Crippen molar-refractivity contribution in [2.45, 2.75) is 19.3 Å². The van der Waals surface area contributed by atoms with E-state index in [1.807, 2.05) is 25.1 Å². The summed E-state index contributed by atoms with van der Waals surface area (Å²) in [5.74, 6) is 2.47. The third-order valence-corrected chi connectivity index (χ3v) is 3.21. The van der Waals surface area contributed by atoms with Gasteiger partial charge in [0.15, 0.2) is 11.5 Å². The fourth-order valence-electron chi connectivity index (χ4n) is 1.94. The monoisotopic (exact) mass is 277 g/mol. The Morgan fingerprint density at radius 3 is 2.60 bits per heavy atom. The van der Waals surface area contributed by atoms with Gasteiger partial charge in [0, 0.05) is 12.1 Å². The molecular weight excluding hydrogens is 258 g/mol. The van der Waals surface area contributed by atoms with Gasteiger partial charge in [0.25, 0.3) is 0 Å². The lowest BCUT2D eigenvalue weighted by Gasteiger charge is -2.07. The van der Waals surface area contributed by atoms with Gasteiger partial charge in [-0.3, -0.25) is 0 Å². The Morgan fingerprint density at radius 2 is 2.00 bits per heavy atom. The van der Waals surface area contributed by atoms with Crippen molar-refractivity contribution in [2.24, 2.45) is 5.73 Å². The molecule has 0 aliphatic heterocycles. The summed E-state index contributed by atoms with van der Waals surface area (Å²) in [4.78, 5) is 4.40. The molecule has 108 valence electrons. The van der Waals surface area contributed by atoms with Crippen LogP contribution >= 0.6 is 0 Å². The van der Waals surface area contributed by atoms with Gasteiger partial charge in [-0.15, -0.1) is 0 Å². The van der Waals surface area contributed by atoms with E-state index in [9.17, 15) is 0 Å². The molecule has 0 aliphatic carbocycles.